The van der Waals surface area contributed by atoms with Crippen LogP contribution in [0.15, 0.2) is 6.20 Å². The molecule has 9 heavy (non-hydrogen) atoms. The summed E-state index contributed by atoms with van der Waals surface area (Å²) < 4.78 is 1.65. The average molecular weight is 121 g/mol. The normalized spacial score (nSPS) is 8.89. The van der Waals surface area contributed by atoms with Gasteiger partial charge >= 0.3 is 0 Å². The summed E-state index contributed by atoms with van der Waals surface area (Å²) in [7, 11) is 1.78. The number of terminal acetylenes is 1. The van der Waals surface area contributed by atoms with Gasteiger partial charge < -0.3 is 10.3 Å². The van der Waals surface area contributed by atoms with E-state index in [1.54, 1.807) is 17.8 Å². The van der Waals surface area contributed by atoms with Gasteiger partial charge in [0, 0.05) is 7.05 Å². The minimum atomic E-state index is 0.447. The molecule has 0 unspecified atom stereocenters. The number of hydrogen-bond acceptors (Lipinski definition) is 2. The van der Waals surface area contributed by atoms with Crippen molar-refractivity contribution in [2.24, 2.45) is 7.05 Å². The van der Waals surface area contributed by atoms with Gasteiger partial charge in [-0.2, -0.15) is 0 Å². The lowest BCUT2D eigenvalue weighted by atomic mass is 10.5. The predicted octanol–water partition coefficient (Wildman–Crippen LogP) is -0.0164. The number of nitrogen functional groups attached to an aromatic ring is 1. The van der Waals surface area contributed by atoms with Gasteiger partial charge in [-0.25, -0.2) is 4.98 Å². The molecule has 0 radical (unpaired) electrons. The first-order valence-electron chi connectivity index (χ1n) is 2.49. The molecular formula is C6H7N3. The summed E-state index contributed by atoms with van der Waals surface area (Å²) in [5, 5.41) is 0. The molecule has 0 aliphatic rings. The first kappa shape index (κ1) is 5.70. The zero-order valence-electron chi connectivity index (χ0n) is 5.13. The van der Waals surface area contributed by atoms with E-state index in [4.69, 9.17) is 12.2 Å². The van der Waals surface area contributed by atoms with Crippen molar-refractivity contribution in [1.82, 2.24) is 9.55 Å². The Morgan fingerprint density at radius 3 is 2.78 bits per heavy atom. The molecule has 0 aliphatic heterocycles. The Hall–Kier alpha value is -1.43. The van der Waals surface area contributed by atoms with Gasteiger partial charge in [0.1, 0.15) is 5.69 Å². The van der Waals surface area contributed by atoms with Gasteiger partial charge in [-0.05, 0) is 0 Å². The lowest BCUT2D eigenvalue weighted by molar-refractivity contribution is 0.916. The first-order chi connectivity index (χ1) is 4.25. The van der Waals surface area contributed by atoms with Crippen molar-refractivity contribution in [3.05, 3.63) is 11.9 Å². The van der Waals surface area contributed by atoms with Crippen LogP contribution in [0.2, 0.25) is 0 Å². The maximum atomic E-state index is 5.37. The van der Waals surface area contributed by atoms with E-state index in [0.717, 1.165) is 0 Å². The molecule has 2 N–H and O–H groups in total. The van der Waals surface area contributed by atoms with Gasteiger partial charge in [-0.1, -0.05) is 5.92 Å². The number of rotatable bonds is 0. The van der Waals surface area contributed by atoms with E-state index in [-0.39, 0.29) is 0 Å². The van der Waals surface area contributed by atoms with E-state index in [0.29, 0.717) is 11.6 Å². The van der Waals surface area contributed by atoms with E-state index >= 15 is 0 Å². The van der Waals surface area contributed by atoms with Crippen LogP contribution in [0.25, 0.3) is 0 Å². The minimum Gasteiger partial charge on any atom is -0.369 e. The lowest BCUT2D eigenvalue weighted by Crippen LogP contribution is -1.98. The summed E-state index contributed by atoms with van der Waals surface area (Å²) in [5.41, 5.74) is 6.07. The smallest absolute Gasteiger partial charge is 0.200 e. The first-order valence-corrected chi connectivity index (χ1v) is 2.49. The molecular weight excluding hydrogens is 114 g/mol. The van der Waals surface area contributed by atoms with Crippen molar-refractivity contribution in [1.29, 1.82) is 0 Å². The highest BCUT2D eigenvalue weighted by molar-refractivity contribution is 5.31. The zero-order valence-corrected chi connectivity index (χ0v) is 5.13. The summed E-state index contributed by atoms with van der Waals surface area (Å²) in [6, 6.07) is 0. The summed E-state index contributed by atoms with van der Waals surface area (Å²) in [5.74, 6) is 2.88. The maximum Gasteiger partial charge on any atom is 0.200 e. The van der Waals surface area contributed by atoms with Crippen LogP contribution in [0.3, 0.4) is 0 Å². The van der Waals surface area contributed by atoms with E-state index in [9.17, 15) is 0 Å². The molecule has 0 fully saturated rings. The van der Waals surface area contributed by atoms with E-state index in [1.807, 2.05) is 0 Å². The van der Waals surface area contributed by atoms with Gasteiger partial charge in [-0.15, -0.1) is 6.42 Å². The number of imidazole rings is 1. The van der Waals surface area contributed by atoms with Crippen molar-refractivity contribution >= 4 is 5.95 Å². The molecule has 0 aromatic carbocycles. The molecule has 0 bridgehead atoms. The SMILES string of the molecule is C#Cc1cnc(N)n1C. The summed E-state index contributed by atoms with van der Waals surface area (Å²) in [6.07, 6.45) is 6.66. The molecule has 1 heterocycles. The highest BCUT2D eigenvalue weighted by Crippen LogP contribution is 2.00. The third-order valence-corrected chi connectivity index (χ3v) is 1.17. The summed E-state index contributed by atoms with van der Waals surface area (Å²) in [4.78, 5) is 3.79. The second kappa shape index (κ2) is 1.82. The second-order valence-electron chi connectivity index (χ2n) is 1.70. The Labute approximate surface area is 53.5 Å². The minimum absolute atomic E-state index is 0.447. The largest absolute Gasteiger partial charge is 0.369 e. The van der Waals surface area contributed by atoms with Gasteiger partial charge in [-0.3, -0.25) is 0 Å². The quantitative estimate of drug-likeness (QED) is 0.490. The molecule has 1 aromatic heterocycles. The molecule has 46 valence electrons. The lowest BCUT2D eigenvalue weighted by Gasteiger charge is -1.92. The molecule has 0 aliphatic carbocycles. The van der Waals surface area contributed by atoms with Gasteiger partial charge in [0.25, 0.3) is 0 Å². The fourth-order valence-electron chi connectivity index (χ4n) is 0.558. The van der Waals surface area contributed by atoms with Crippen LogP contribution in [-0.2, 0) is 7.05 Å². The van der Waals surface area contributed by atoms with E-state index < -0.39 is 0 Å². The molecule has 0 amide bonds. The molecule has 1 rings (SSSR count). The van der Waals surface area contributed by atoms with Crippen molar-refractivity contribution < 1.29 is 0 Å². The summed E-state index contributed by atoms with van der Waals surface area (Å²) >= 11 is 0. The number of nitrogens with two attached hydrogens (primary N) is 1. The number of aromatic nitrogens is 2. The molecule has 0 saturated carbocycles. The monoisotopic (exact) mass is 121 g/mol. The van der Waals surface area contributed by atoms with Gasteiger partial charge in [0.2, 0.25) is 5.95 Å². The van der Waals surface area contributed by atoms with Crippen LogP contribution >= 0.6 is 0 Å². The van der Waals surface area contributed by atoms with Crippen molar-refractivity contribution in [3.8, 4) is 12.3 Å². The van der Waals surface area contributed by atoms with Crippen LogP contribution in [0, 0.1) is 12.3 Å². The van der Waals surface area contributed by atoms with Crippen molar-refractivity contribution in [2.75, 3.05) is 5.73 Å². The Morgan fingerprint density at radius 1 is 1.89 bits per heavy atom. The van der Waals surface area contributed by atoms with Crippen LogP contribution in [0.4, 0.5) is 5.95 Å². The maximum absolute atomic E-state index is 5.37. The molecule has 0 spiro atoms. The highest BCUT2D eigenvalue weighted by atomic mass is 15.1. The van der Waals surface area contributed by atoms with Crippen molar-refractivity contribution in [3.63, 3.8) is 0 Å². The third kappa shape index (κ3) is 0.745. The van der Waals surface area contributed by atoms with Crippen molar-refractivity contribution in [2.45, 2.75) is 0 Å². The number of hydrogen-bond donors (Lipinski definition) is 1. The van der Waals surface area contributed by atoms with Gasteiger partial charge in [0.05, 0.1) is 6.20 Å². The van der Waals surface area contributed by atoms with E-state index in [1.165, 1.54) is 0 Å². The molecule has 3 heteroatoms. The third-order valence-electron chi connectivity index (χ3n) is 1.17. The Morgan fingerprint density at radius 2 is 2.56 bits per heavy atom. The second-order valence-corrected chi connectivity index (χ2v) is 1.70. The Balaban J connectivity index is 3.24. The van der Waals surface area contributed by atoms with Crippen LogP contribution in [0.5, 0.6) is 0 Å². The fourth-order valence-corrected chi connectivity index (χ4v) is 0.558. The fraction of sp³-hybridized carbons (Fsp3) is 0.167. The zero-order chi connectivity index (χ0) is 6.85. The molecule has 3 nitrogen and oxygen atoms in total. The predicted molar refractivity (Wildman–Crippen MR) is 35.6 cm³/mol. The topological polar surface area (TPSA) is 43.8 Å². The molecule has 0 saturated heterocycles. The summed E-state index contributed by atoms with van der Waals surface area (Å²) in [6.45, 7) is 0. The Kier molecular flexibility index (Phi) is 1.16. The number of nitrogens with zero attached hydrogens (tertiary/aromatic N) is 2. The Bertz CT molecular complexity index is 254. The van der Waals surface area contributed by atoms with Gasteiger partial charge in [0.15, 0.2) is 0 Å². The highest BCUT2D eigenvalue weighted by Gasteiger charge is 1.96. The van der Waals surface area contributed by atoms with Crippen LogP contribution in [-0.4, -0.2) is 9.55 Å². The standard InChI is InChI=1S/C6H7N3/c1-3-5-4-8-6(7)9(5)2/h1,4H,2H3,(H2,7,8). The van der Waals surface area contributed by atoms with Crippen LogP contribution < -0.4 is 5.73 Å². The van der Waals surface area contributed by atoms with E-state index in [2.05, 4.69) is 10.9 Å². The number of anilines is 1. The molecule has 0 atom stereocenters. The average Bonchev–Trinajstić information content (AvgIpc) is 2.15. The van der Waals surface area contributed by atoms with Crippen LogP contribution in [0.1, 0.15) is 5.69 Å². The molecule has 1 aromatic rings.